The standard InChI is InChI=1S/C7H12IN/c8-6-4-7(6)2-1-3-9-5-7/h6,9H,1-5H2. The van der Waals surface area contributed by atoms with Crippen LogP contribution < -0.4 is 5.32 Å². The van der Waals surface area contributed by atoms with Crippen molar-refractivity contribution in [2.45, 2.75) is 23.2 Å². The normalized spacial score (nSPS) is 49.7. The Hall–Kier alpha value is 0.690. The van der Waals surface area contributed by atoms with E-state index in [9.17, 15) is 0 Å². The number of piperidine rings is 1. The molecule has 2 fully saturated rings. The second-order valence-corrected chi connectivity index (χ2v) is 4.82. The lowest BCUT2D eigenvalue weighted by atomic mass is 9.97. The predicted octanol–water partition coefficient (Wildman–Crippen LogP) is 1.56. The number of rotatable bonds is 0. The second kappa shape index (κ2) is 2.09. The van der Waals surface area contributed by atoms with E-state index < -0.39 is 0 Å². The number of alkyl halides is 1. The zero-order valence-corrected chi connectivity index (χ0v) is 7.65. The van der Waals surface area contributed by atoms with Gasteiger partial charge in [0.05, 0.1) is 0 Å². The van der Waals surface area contributed by atoms with Crippen LogP contribution in [-0.4, -0.2) is 17.0 Å². The van der Waals surface area contributed by atoms with Crippen LogP contribution in [0, 0.1) is 5.41 Å². The Morgan fingerprint density at radius 1 is 1.56 bits per heavy atom. The highest BCUT2D eigenvalue weighted by atomic mass is 127. The Bertz CT molecular complexity index is 118. The number of halogens is 1. The van der Waals surface area contributed by atoms with Gasteiger partial charge in [0.1, 0.15) is 0 Å². The Morgan fingerprint density at radius 3 is 2.67 bits per heavy atom. The quantitative estimate of drug-likeness (QED) is 0.498. The van der Waals surface area contributed by atoms with Gasteiger partial charge < -0.3 is 5.32 Å². The first kappa shape index (κ1) is 6.40. The molecule has 52 valence electrons. The molecule has 1 aliphatic carbocycles. The van der Waals surface area contributed by atoms with Crippen molar-refractivity contribution in [1.82, 2.24) is 5.32 Å². The van der Waals surface area contributed by atoms with Gasteiger partial charge >= 0.3 is 0 Å². The molecule has 1 N–H and O–H groups in total. The largest absolute Gasteiger partial charge is 0.316 e. The molecule has 0 amide bonds. The third kappa shape index (κ3) is 1.00. The van der Waals surface area contributed by atoms with E-state index in [1.54, 1.807) is 0 Å². The number of hydrogen-bond acceptors (Lipinski definition) is 1. The highest BCUT2D eigenvalue weighted by Crippen LogP contribution is 2.55. The van der Waals surface area contributed by atoms with Gasteiger partial charge in [-0.05, 0) is 31.2 Å². The van der Waals surface area contributed by atoms with E-state index >= 15 is 0 Å². The van der Waals surface area contributed by atoms with Crippen molar-refractivity contribution in [1.29, 1.82) is 0 Å². The second-order valence-electron chi connectivity index (χ2n) is 3.31. The molecule has 0 aromatic heterocycles. The van der Waals surface area contributed by atoms with Crippen molar-refractivity contribution >= 4 is 22.6 Å². The molecule has 2 heteroatoms. The van der Waals surface area contributed by atoms with E-state index in [1.807, 2.05) is 0 Å². The summed E-state index contributed by atoms with van der Waals surface area (Å²) in [6.45, 7) is 2.55. The fourth-order valence-corrected chi connectivity index (χ4v) is 3.14. The molecule has 1 spiro atoms. The molecule has 2 aliphatic rings. The molecule has 1 heterocycles. The molecule has 0 bridgehead atoms. The molecule has 1 saturated heterocycles. The van der Waals surface area contributed by atoms with Crippen LogP contribution in [0.4, 0.5) is 0 Å². The summed E-state index contributed by atoms with van der Waals surface area (Å²) in [5, 5.41) is 3.46. The average Bonchev–Trinajstić information content (AvgIpc) is 2.44. The van der Waals surface area contributed by atoms with Gasteiger partial charge in [0.15, 0.2) is 0 Å². The molecule has 1 aliphatic heterocycles. The third-order valence-corrected chi connectivity index (χ3v) is 4.36. The highest BCUT2D eigenvalue weighted by molar-refractivity contribution is 14.1. The topological polar surface area (TPSA) is 12.0 Å². The summed E-state index contributed by atoms with van der Waals surface area (Å²) >= 11 is 2.59. The van der Waals surface area contributed by atoms with Crippen molar-refractivity contribution in [3.05, 3.63) is 0 Å². The summed E-state index contributed by atoms with van der Waals surface area (Å²) in [7, 11) is 0. The summed E-state index contributed by atoms with van der Waals surface area (Å²) in [6.07, 6.45) is 4.35. The fraction of sp³-hybridized carbons (Fsp3) is 1.00. The van der Waals surface area contributed by atoms with Crippen LogP contribution >= 0.6 is 22.6 Å². The first-order valence-corrected chi connectivity index (χ1v) is 4.93. The summed E-state index contributed by atoms with van der Waals surface area (Å²) in [4.78, 5) is 0. The summed E-state index contributed by atoms with van der Waals surface area (Å²) in [5.74, 6) is 0. The molecule has 9 heavy (non-hydrogen) atoms. The maximum atomic E-state index is 3.46. The van der Waals surface area contributed by atoms with Crippen LogP contribution in [0.1, 0.15) is 19.3 Å². The van der Waals surface area contributed by atoms with Gasteiger partial charge in [0.2, 0.25) is 0 Å². The van der Waals surface area contributed by atoms with E-state index in [1.165, 1.54) is 32.4 Å². The lowest BCUT2D eigenvalue weighted by molar-refractivity contribution is 0.362. The predicted molar refractivity (Wildman–Crippen MR) is 47.0 cm³/mol. The molecule has 0 aromatic rings. The van der Waals surface area contributed by atoms with Crippen LogP contribution in [0.15, 0.2) is 0 Å². The van der Waals surface area contributed by atoms with Gasteiger partial charge in [-0.1, -0.05) is 22.6 Å². The van der Waals surface area contributed by atoms with Crippen LogP contribution in [0.3, 0.4) is 0 Å². The monoisotopic (exact) mass is 237 g/mol. The first-order chi connectivity index (χ1) is 4.33. The Morgan fingerprint density at radius 2 is 2.33 bits per heavy atom. The zero-order chi connectivity index (χ0) is 6.32. The lowest BCUT2D eigenvalue weighted by Gasteiger charge is -2.22. The van der Waals surface area contributed by atoms with Gasteiger partial charge in [0, 0.05) is 10.5 Å². The van der Waals surface area contributed by atoms with Gasteiger partial charge in [-0.2, -0.15) is 0 Å². The average molecular weight is 237 g/mol. The minimum Gasteiger partial charge on any atom is -0.316 e. The maximum Gasteiger partial charge on any atom is 0.0185 e. The van der Waals surface area contributed by atoms with Crippen LogP contribution in [0.2, 0.25) is 0 Å². The Labute approximate surface area is 69.7 Å². The molecule has 2 unspecified atom stereocenters. The van der Waals surface area contributed by atoms with E-state index in [0.717, 1.165) is 9.34 Å². The molecule has 0 aromatic carbocycles. The van der Waals surface area contributed by atoms with E-state index in [2.05, 4.69) is 27.9 Å². The van der Waals surface area contributed by atoms with Gasteiger partial charge in [0.25, 0.3) is 0 Å². The Kier molecular flexibility index (Phi) is 1.49. The van der Waals surface area contributed by atoms with Crippen LogP contribution in [0.5, 0.6) is 0 Å². The summed E-state index contributed by atoms with van der Waals surface area (Å²) in [6, 6.07) is 0. The first-order valence-electron chi connectivity index (χ1n) is 3.68. The van der Waals surface area contributed by atoms with E-state index in [-0.39, 0.29) is 0 Å². The molecular weight excluding hydrogens is 225 g/mol. The van der Waals surface area contributed by atoms with Crippen molar-refractivity contribution in [2.75, 3.05) is 13.1 Å². The molecule has 1 nitrogen and oxygen atoms in total. The summed E-state index contributed by atoms with van der Waals surface area (Å²) < 4.78 is 0.989. The maximum absolute atomic E-state index is 3.46. The smallest absolute Gasteiger partial charge is 0.0185 e. The van der Waals surface area contributed by atoms with E-state index in [0.29, 0.717) is 0 Å². The lowest BCUT2D eigenvalue weighted by Crippen LogP contribution is -2.32. The number of hydrogen-bond donors (Lipinski definition) is 1. The Balaban J connectivity index is 1.97. The zero-order valence-electron chi connectivity index (χ0n) is 5.49. The van der Waals surface area contributed by atoms with Crippen molar-refractivity contribution in [3.8, 4) is 0 Å². The van der Waals surface area contributed by atoms with E-state index in [4.69, 9.17) is 0 Å². The van der Waals surface area contributed by atoms with Gasteiger partial charge in [-0.25, -0.2) is 0 Å². The minimum absolute atomic E-state index is 0.763. The highest BCUT2D eigenvalue weighted by Gasteiger charge is 2.52. The van der Waals surface area contributed by atoms with Gasteiger partial charge in [-0.3, -0.25) is 0 Å². The van der Waals surface area contributed by atoms with Crippen LogP contribution in [0.25, 0.3) is 0 Å². The van der Waals surface area contributed by atoms with Crippen molar-refractivity contribution < 1.29 is 0 Å². The molecule has 2 rings (SSSR count). The minimum atomic E-state index is 0.763. The molecule has 0 radical (unpaired) electrons. The van der Waals surface area contributed by atoms with Crippen LogP contribution in [-0.2, 0) is 0 Å². The summed E-state index contributed by atoms with van der Waals surface area (Å²) in [5.41, 5.74) is 0.763. The number of nitrogens with one attached hydrogen (secondary N) is 1. The van der Waals surface area contributed by atoms with Crippen molar-refractivity contribution in [2.24, 2.45) is 5.41 Å². The van der Waals surface area contributed by atoms with Crippen molar-refractivity contribution in [3.63, 3.8) is 0 Å². The fourth-order valence-electron chi connectivity index (χ4n) is 1.73. The van der Waals surface area contributed by atoms with Gasteiger partial charge in [-0.15, -0.1) is 0 Å². The molecular formula is C7H12IN. The molecule has 1 saturated carbocycles. The molecule has 2 atom stereocenters. The third-order valence-electron chi connectivity index (χ3n) is 2.60. The SMILES string of the molecule is IC1CC12CCCNC2.